The number of carbonyl (C=O) groups excluding carboxylic acids is 1. The molecule has 1 aromatic heterocycles. The Morgan fingerprint density at radius 2 is 1.96 bits per heavy atom. The normalized spacial score (nSPS) is 11.4. The molecule has 0 radical (unpaired) electrons. The zero-order valence-electron chi connectivity index (χ0n) is 14.4. The van der Waals surface area contributed by atoms with Gasteiger partial charge in [-0.25, -0.2) is 4.98 Å². The van der Waals surface area contributed by atoms with Gasteiger partial charge in [0.1, 0.15) is 0 Å². The number of carbonyl (C=O) groups is 1. The van der Waals surface area contributed by atoms with Crippen molar-refractivity contribution in [2.75, 3.05) is 11.1 Å². The molecule has 0 unspecified atom stereocenters. The molecule has 3 aromatic rings. The number of amides is 1. The molecule has 146 valence electrons. The summed E-state index contributed by atoms with van der Waals surface area (Å²) in [5, 5.41) is 3.72. The number of halogens is 4. The quantitative estimate of drug-likeness (QED) is 0.543. The standard InChI is InChI=1S/C19H15ClF3N3OS/c20-16-7-2-1-4-13(16)11-26-9-8-24-18(26)28-12-17(27)25-15-6-3-5-14(10-15)19(21,22)23/h1-10H,11-12H2,(H,25,27). The van der Waals surface area contributed by atoms with Crippen LogP contribution in [0.15, 0.2) is 66.1 Å². The van der Waals surface area contributed by atoms with Crippen molar-refractivity contribution in [1.29, 1.82) is 0 Å². The number of thioether (sulfide) groups is 1. The zero-order chi connectivity index (χ0) is 20.1. The molecule has 0 aliphatic heterocycles. The SMILES string of the molecule is O=C(CSc1nccn1Cc1ccccc1Cl)Nc1cccc(C(F)(F)F)c1. The highest BCUT2D eigenvalue weighted by molar-refractivity contribution is 7.99. The lowest BCUT2D eigenvalue weighted by molar-refractivity contribution is -0.137. The molecule has 0 aliphatic rings. The van der Waals surface area contributed by atoms with Gasteiger partial charge in [0.15, 0.2) is 5.16 Å². The molecule has 0 atom stereocenters. The molecule has 0 fully saturated rings. The van der Waals surface area contributed by atoms with Crippen molar-refractivity contribution in [2.45, 2.75) is 17.9 Å². The fraction of sp³-hybridized carbons (Fsp3) is 0.158. The number of imidazole rings is 1. The van der Waals surface area contributed by atoms with Crippen LogP contribution in [0.25, 0.3) is 0 Å². The molecule has 0 saturated carbocycles. The maximum Gasteiger partial charge on any atom is 0.416 e. The predicted molar refractivity (Wildman–Crippen MR) is 104 cm³/mol. The Kier molecular flexibility index (Phi) is 6.31. The molecule has 0 bridgehead atoms. The smallest absolute Gasteiger partial charge is 0.325 e. The van der Waals surface area contributed by atoms with Crippen molar-refractivity contribution >= 4 is 35.0 Å². The van der Waals surface area contributed by atoms with Crippen molar-refractivity contribution in [2.24, 2.45) is 0 Å². The first kappa shape index (κ1) is 20.3. The van der Waals surface area contributed by atoms with Crippen molar-refractivity contribution in [3.05, 3.63) is 77.1 Å². The summed E-state index contributed by atoms with van der Waals surface area (Å²) in [6.45, 7) is 0.497. The average molecular weight is 426 g/mol. The molecule has 1 N–H and O–H groups in total. The largest absolute Gasteiger partial charge is 0.416 e. The van der Waals surface area contributed by atoms with E-state index in [1.807, 2.05) is 22.8 Å². The highest BCUT2D eigenvalue weighted by atomic mass is 35.5. The summed E-state index contributed by atoms with van der Waals surface area (Å²) in [4.78, 5) is 16.3. The molecular weight excluding hydrogens is 411 g/mol. The minimum absolute atomic E-state index is 0.00970. The molecule has 0 aliphatic carbocycles. The van der Waals surface area contributed by atoms with Crippen LogP contribution in [0.4, 0.5) is 18.9 Å². The maximum atomic E-state index is 12.8. The topological polar surface area (TPSA) is 46.9 Å². The van der Waals surface area contributed by atoms with Gasteiger partial charge >= 0.3 is 6.18 Å². The van der Waals surface area contributed by atoms with E-state index in [4.69, 9.17) is 11.6 Å². The molecule has 1 amide bonds. The summed E-state index contributed by atoms with van der Waals surface area (Å²) < 4.78 is 40.1. The number of hydrogen-bond donors (Lipinski definition) is 1. The van der Waals surface area contributed by atoms with Gasteiger partial charge in [-0.05, 0) is 29.8 Å². The second kappa shape index (κ2) is 8.70. The lowest BCUT2D eigenvalue weighted by atomic mass is 10.2. The van der Waals surface area contributed by atoms with Gasteiger partial charge in [-0.3, -0.25) is 4.79 Å². The monoisotopic (exact) mass is 425 g/mol. The van der Waals surface area contributed by atoms with E-state index in [2.05, 4.69) is 10.3 Å². The minimum Gasteiger partial charge on any atom is -0.325 e. The van der Waals surface area contributed by atoms with Gasteiger partial charge in [-0.15, -0.1) is 0 Å². The Morgan fingerprint density at radius 1 is 1.18 bits per heavy atom. The van der Waals surface area contributed by atoms with Gasteiger partial charge in [0.25, 0.3) is 0 Å². The van der Waals surface area contributed by atoms with E-state index in [9.17, 15) is 18.0 Å². The van der Waals surface area contributed by atoms with Gasteiger partial charge in [0.2, 0.25) is 5.91 Å². The van der Waals surface area contributed by atoms with Crippen LogP contribution < -0.4 is 5.32 Å². The third-order valence-electron chi connectivity index (χ3n) is 3.78. The number of rotatable bonds is 6. The van der Waals surface area contributed by atoms with Gasteiger partial charge in [-0.1, -0.05) is 47.6 Å². The maximum absolute atomic E-state index is 12.8. The van der Waals surface area contributed by atoms with E-state index in [0.29, 0.717) is 16.7 Å². The van der Waals surface area contributed by atoms with E-state index in [1.54, 1.807) is 18.5 Å². The second-order valence-electron chi connectivity index (χ2n) is 5.84. The Labute approximate surface area is 168 Å². The van der Waals surface area contributed by atoms with Crippen LogP contribution in [0.5, 0.6) is 0 Å². The average Bonchev–Trinajstić information content (AvgIpc) is 3.08. The zero-order valence-corrected chi connectivity index (χ0v) is 16.0. The molecule has 0 spiro atoms. The van der Waals surface area contributed by atoms with Crippen molar-refractivity contribution in [1.82, 2.24) is 9.55 Å². The van der Waals surface area contributed by atoms with Crippen molar-refractivity contribution in [3.63, 3.8) is 0 Å². The minimum atomic E-state index is -4.46. The second-order valence-corrected chi connectivity index (χ2v) is 7.19. The number of anilines is 1. The number of nitrogens with one attached hydrogen (secondary N) is 1. The van der Waals surface area contributed by atoms with Crippen LogP contribution in [0.2, 0.25) is 5.02 Å². The van der Waals surface area contributed by atoms with Crippen LogP contribution in [0.1, 0.15) is 11.1 Å². The van der Waals surface area contributed by atoms with Crippen LogP contribution in [0.3, 0.4) is 0 Å². The summed E-state index contributed by atoms with van der Waals surface area (Å²) in [5.41, 5.74) is 0.200. The lowest BCUT2D eigenvalue weighted by Crippen LogP contribution is -2.15. The van der Waals surface area contributed by atoms with Crippen molar-refractivity contribution in [3.8, 4) is 0 Å². The van der Waals surface area contributed by atoms with Crippen LogP contribution >= 0.6 is 23.4 Å². The fourth-order valence-electron chi connectivity index (χ4n) is 2.47. The number of alkyl halides is 3. The molecule has 28 heavy (non-hydrogen) atoms. The predicted octanol–water partition coefficient (Wildman–Crippen LogP) is 5.33. The van der Waals surface area contributed by atoms with Gasteiger partial charge in [0, 0.05) is 23.1 Å². The first-order chi connectivity index (χ1) is 13.3. The van der Waals surface area contributed by atoms with E-state index < -0.39 is 17.6 Å². The third kappa shape index (κ3) is 5.30. The van der Waals surface area contributed by atoms with Crippen LogP contribution in [-0.2, 0) is 17.5 Å². The summed E-state index contributed by atoms with van der Waals surface area (Å²) in [7, 11) is 0. The third-order valence-corrected chi connectivity index (χ3v) is 5.16. The highest BCUT2D eigenvalue weighted by Crippen LogP contribution is 2.30. The summed E-state index contributed by atoms with van der Waals surface area (Å²) in [6.07, 6.45) is -1.07. The molecule has 1 heterocycles. The van der Waals surface area contributed by atoms with Crippen molar-refractivity contribution < 1.29 is 18.0 Å². The summed E-state index contributed by atoms with van der Waals surface area (Å²) in [5.74, 6) is -0.410. The number of hydrogen-bond acceptors (Lipinski definition) is 3. The summed E-state index contributed by atoms with van der Waals surface area (Å²) >= 11 is 7.36. The number of aromatic nitrogens is 2. The number of benzene rings is 2. The molecule has 2 aromatic carbocycles. The Hall–Kier alpha value is -2.45. The Balaban J connectivity index is 1.60. The first-order valence-corrected chi connectivity index (χ1v) is 9.54. The van der Waals surface area contributed by atoms with E-state index >= 15 is 0 Å². The van der Waals surface area contributed by atoms with E-state index in [1.165, 1.54) is 23.9 Å². The summed E-state index contributed by atoms with van der Waals surface area (Å²) in [6, 6.07) is 11.9. The molecule has 3 rings (SSSR count). The highest BCUT2D eigenvalue weighted by Gasteiger charge is 2.30. The molecule has 9 heteroatoms. The number of nitrogens with zero attached hydrogens (tertiary/aromatic N) is 2. The lowest BCUT2D eigenvalue weighted by Gasteiger charge is -2.11. The van der Waals surface area contributed by atoms with E-state index in [0.717, 1.165) is 17.7 Å². The van der Waals surface area contributed by atoms with Crippen LogP contribution in [0, 0.1) is 0 Å². The van der Waals surface area contributed by atoms with Crippen LogP contribution in [-0.4, -0.2) is 21.2 Å². The molecule has 4 nitrogen and oxygen atoms in total. The fourth-order valence-corrected chi connectivity index (χ4v) is 3.42. The first-order valence-electron chi connectivity index (χ1n) is 8.17. The van der Waals surface area contributed by atoms with Gasteiger partial charge in [-0.2, -0.15) is 13.2 Å². The molecule has 0 saturated heterocycles. The molecular formula is C19H15ClF3N3OS. The van der Waals surface area contributed by atoms with Gasteiger partial charge < -0.3 is 9.88 Å². The Morgan fingerprint density at radius 3 is 2.71 bits per heavy atom. The Bertz CT molecular complexity index is 975. The van der Waals surface area contributed by atoms with E-state index in [-0.39, 0.29) is 11.4 Å². The van der Waals surface area contributed by atoms with Gasteiger partial charge in [0.05, 0.1) is 17.9 Å².